The first-order chi connectivity index (χ1) is 11.1. The number of piperazine rings is 1. The average molecular weight is 311 g/mol. The molecule has 2 N–H and O–H groups in total. The van der Waals surface area contributed by atoms with Gasteiger partial charge in [0.2, 0.25) is 0 Å². The van der Waals surface area contributed by atoms with Crippen LogP contribution in [-0.2, 0) is 0 Å². The summed E-state index contributed by atoms with van der Waals surface area (Å²) >= 11 is 0. The second kappa shape index (κ2) is 6.30. The molecule has 5 heteroatoms. The Morgan fingerprint density at radius 2 is 1.65 bits per heavy atom. The molecule has 1 heterocycles. The van der Waals surface area contributed by atoms with Gasteiger partial charge in [-0.1, -0.05) is 36.9 Å². The van der Waals surface area contributed by atoms with Crippen LogP contribution in [0.1, 0.15) is 0 Å². The number of nitrogens with zero attached hydrogens (tertiary/aromatic N) is 3. The molecule has 1 aliphatic heterocycles. The van der Waals surface area contributed by atoms with E-state index in [2.05, 4.69) is 28.4 Å². The summed E-state index contributed by atoms with van der Waals surface area (Å²) < 4.78 is 0. The normalized spacial score (nSPS) is 16.3. The molecule has 1 aliphatic rings. The van der Waals surface area contributed by atoms with Gasteiger partial charge in [-0.3, -0.25) is 4.99 Å². The maximum atomic E-state index is 10.8. The Kier molecular flexibility index (Phi) is 4.21. The first-order valence-corrected chi connectivity index (χ1v) is 7.68. The van der Waals surface area contributed by atoms with Crippen molar-refractivity contribution in [2.24, 2.45) is 4.99 Å². The standard InChI is InChI=1S/C18H21N3O2/c1-3-8-19-15-16(21-11-9-20(2)10-12-21)18(23)14-7-5-4-6-13(14)17(15)22/h3-8,22-23H,1,9-12H2,2H3. The van der Waals surface area contributed by atoms with E-state index in [-0.39, 0.29) is 11.5 Å². The van der Waals surface area contributed by atoms with Gasteiger partial charge in [-0.2, -0.15) is 0 Å². The number of aromatic hydroxyl groups is 2. The van der Waals surface area contributed by atoms with Gasteiger partial charge >= 0.3 is 0 Å². The molecule has 0 radical (unpaired) electrons. The molecule has 0 aliphatic carbocycles. The first-order valence-electron chi connectivity index (χ1n) is 7.68. The Hall–Kier alpha value is -2.53. The van der Waals surface area contributed by atoms with Crippen LogP contribution in [0.4, 0.5) is 11.4 Å². The van der Waals surface area contributed by atoms with Crippen LogP contribution in [0.3, 0.4) is 0 Å². The maximum Gasteiger partial charge on any atom is 0.151 e. The molecular formula is C18H21N3O2. The number of benzene rings is 2. The average Bonchev–Trinajstić information content (AvgIpc) is 2.58. The van der Waals surface area contributed by atoms with E-state index in [1.54, 1.807) is 12.1 Å². The van der Waals surface area contributed by atoms with Crippen molar-refractivity contribution < 1.29 is 10.2 Å². The van der Waals surface area contributed by atoms with E-state index in [1.165, 1.54) is 6.21 Å². The second-order valence-electron chi connectivity index (χ2n) is 5.74. The van der Waals surface area contributed by atoms with Gasteiger partial charge in [-0.05, 0) is 7.05 Å². The largest absolute Gasteiger partial charge is 0.505 e. The third-order valence-electron chi connectivity index (χ3n) is 4.24. The number of aliphatic imine (C=N–C) groups is 1. The summed E-state index contributed by atoms with van der Waals surface area (Å²) in [6.07, 6.45) is 3.09. The predicted octanol–water partition coefficient (Wildman–Crippen LogP) is 2.89. The number of rotatable bonds is 3. The molecule has 0 aromatic heterocycles. The number of allylic oxidation sites excluding steroid dienone is 1. The lowest BCUT2D eigenvalue weighted by Crippen LogP contribution is -2.44. The van der Waals surface area contributed by atoms with Crippen molar-refractivity contribution in [1.82, 2.24) is 4.90 Å². The third-order valence-corrected chi connectivity index (χ3v) is 4.24. The van der Waals surface area contributed by atoms with E-state index in [4.69, 9.17) is 0 Å². The summed E-state index contributed by atoms with van der Waals surface area (Å²) in [5, 5.41) is 22.7. The zero-order valence-corrected chi connectivity index (χ0v) is 13.2. The molecule has 0 spiro atoms. The van der Waals surface area contributed by atoms with E-state index >= 15 is 0 Å². The van der Waals surface area contributed by atoms with Crippen molar-refractivity contribution in [2.75, 3.05) is 38.1 Å². The van der Waals surface area contributed by atoms with E-state index in [9.17, 15) is 10.2 Å². The fraction of sp³-hybridized carbons (Fsp3) is 0.278. The number of phenols is 2. The van der Waals surface area contributed by atoms with Crippen molar-refractivity contribution in [3.8, 4) is 11.5 Å². The van der Waals surface area contributed by atoms with Crippen molar-refractivity contribution in [2.45, 2.75) is 0 Å². The molecule has 1 fully saturated rings. The molecule has 2 aromatic rings. The summed E-state index contributed by atoms with van der Waals surface area (Å²) in [6, 6.07) is 7.27. The zero-order chi connectivity index (χ0) is 16.4. The minimum absolute atomic E-state index is 0.0884. The highest BCUT2D eigenvalue weighted by Gasteiger charge is 2.25. The summed E-state index contributed by atoms with van der Waals surface area (Å²) in [6.45, 7) is 6.98. The van der Waals surface area contributed by atoms with Crippen LogP contribution < -0.4 is 4.90 Å². The third kappa shape index (κ3) is 2.75. The Balaban J connectivity index is 2.22. The van der Waals surface area contributed by atoms with E-state index in [1.807, 2.05) is 18.2 Å². The lowest BCUT2D eigenvalue weighted by atomic mass is 10.0. The van der Waals surface area contributed by atoms with Gasteiger partial charge in [0, 0.05) is 43.2 Å². The Bertz CT molecular complexity index is 762. The van der Waals surface area contributed by atoms with Crippen LogP contribution >= 0.6 is 0 Å². The quantitative estimate of drug-likeness (QED) is 0.676. The van der Waals surface area contributed by atoms with Gasteiger partial charge < -0.3 is 20.0 Å². The van der Waals surface area contributed by atoms with Crippen molar-refractivity contribution in [3.05, 3.63) is 36.9 Å². The Labute approximate surface area is 135 Å². The van der Waals surface area contributed by atoms with Gasteiger partial charge in [0.05, 0.1) is 0 Å². The van der Waals surface area contributed by atoms with Gasteiger partial charge in [0.25, 0.3) is 0 Å². The molecule has 120 valence electrons. The molecule has 0 bridgehead atoms. The first kappa shape index (κ1) is 15.4. The molecule has 0 atom stereocenters. The molecular weight excluding hydrogens is 290 g/mol. The van der Waals surface area contributed by atoms with Gasteiger partial charge in [0.1, 0.15) is 17.1 Å². The summed E-state index contributed by atoms with van der Waals surface area (Å²) in [5.74, 6) is 0.254. The summed E-state index contributed by atoms with van der Waals surface area (Å²) in [4.78, 5) is 8.64. The monoisotopic (exact) mass is 311 g/mol. The fourth-order valence-electron chi connectivity index (χ4n) is 2.95. The van der Waals surface area contributed by atoms with Crippen LogP contribution in [0.15, 0.2) is 41.9 Å². The molecule has 3 rings (SSSR count). The molecule has 1 saturated heterocycles. The van der Waals surface area contributed by atoms with Crippen LogP contribution in [-0.4, -0.2) is 54.6 Å². The van der Waals surface area contributed by atoms with Crippen molar-refractivity contribution in [1.29, 1.82) is 0 Å². The van der Waals surface area contributed by atoms with Crippen LogP contribution in [0, 0.1) is 0 Å². The lowest BCUT2D eigenvalue weighted by molar-refractivity contribution is 0.311. The Morgan fingerprint density at radius 3 is 2.26 bits per heavy atom. The minimum Gasteiger partial charge on any atom is -0.505 e. The maximum absolute atomic E-state index is 10.8. The molecule has 2 aromatic carbocycles. The van der Waals surface area contributed by atoms with Gasteiger partial charge in [-0.15, -0.1) is 0 Å². The summed E-state index contributed by atoms with van der Waals surface area (Å²) in [5.41, 5.74) is 0.984. The van der Waals surface area contributed by atoms with Crippen LogP contribution in [0.25, 0.3) is 10.8 Å². The molecule has 0 saturated carbocycles. The fourth-order valence-corrected chi connectivity index (χ4v) is 2.95. The Morgan fingerprint density at radius 1 is 1.04 bits per heavy atom. The molecule has 0 unspecified atom stereocenters. The van der Waals surface area contributed by atoms with E-state index in [0.717, 1.165) is 26.2 Å². The van der Waals surface area contributed by atoms with Crippen molar-refractivity contribution >= 4 is 28.4 Å². The number of likely N-dealkylation sites (N-methyl/N-ethyl adjacent to an activating group) is 1. The second-order valence-corrected chi connectivity index (χ2v) is 5.74. The number of hydrogen-bond acceptors (Lipinski definition) is 5. The summed E-state index contributed by atoms with van der Waals surface area (Å²) in [7, 11) is 2.08. The van der Waals surface area contributed by atoms with Crippen molar-refractivity contribution in [3.63, 3.8) is 0 Å². The molecule has 5 nitrogen and oxygen atoms in total. The van der Waals surface area contributed by atoms with Gasteiger partial charge in [0.15, 0.2) is 5.75 Å². The SMILES string of the molecule is C=CC=Nc1c(N2CCN(C)CC2)c(O)c2ccccc2c1O. The number of phenolic OH excluding ortho intramolecular Hbond substituents is 2. The number of hydrogen-bond donors (Lipinski definition) is 2. The highest BCUT2D eigenvalue weighted by molar-refractivity contribution is 6.05. The zero-order valence-electron chi connectivity index (χ0n) is 13.2. The highest BCUT2D eigenvalue weighted by atomic mass is 16.3. The smallest absolute Gasteiger partial charge is 0.151 e. The van der Waals surface area contributed by atoms with E-state index in [0.29, 0.717) is 22.1 Å². The minimum atomic E-state index is 0.0884. The number of anilines is 1. The lowest BCUT2D eigenvalue weighted by Gasteiger charge is -2.35. The van der Waals surface area contributed by atoms with Crippen LogP contribution in [0.2, 0.25) is 0 Å². The molecule has 0 amide bonds. The molecule has 23 heavy (non-hydrogen) atoms. The predicted molar refractivity (Wildman–Crippen MR) is 95.3 cm³/mol. The topological polar surface area (TPSA) is 59.3 Å². The number of fused-ring (bicyclic) bond motifs is 1. The van der Waals surface area contributed by atoms with E-state index < -0.39 is 0 Å². The highest BCUT2D eigenvalue weighted by Crippen LogP contribution is 2.50. The van der Waals surface area contributed by atoms with Crippen LogP contribution in [0.5, 0.6) is 11.5 Å². The van der Waals surface area contributed by atoms with Gasteiger partial charge in [-0.25, -0.2) is 0 Å².